The molecule has 0 saturated heterocycles. The first kappa shape index (κ1) is 13.2. The van der Waals surface area contributed by atoms with Gasteiger partial charge in [0.15, 0.2) is 0 Å². The van der Waals surface area contributed by atoms with Crippen LogP contribution in [0.3, 0.4) is 0 Å². The van der Waals surface area contributed by atoms with E-state index in [2.05, 4.69) is 0 Å². The van der Waals surface area contributed by atoms with Crippen LogP contribution in [0, 0.1) is 17.1 Å². The van der Waals surface area contributed by atoms with E-state index in [1.807, 2.05) is 6.07 Å². The van der Waals surface area contributed by atoms with Gasteiger partial charge in [0, 0.05) is 11.1 Å². The van der Waals surface area contributed by atoms with Crippen molar-refractivity contribution in [1.29, 1.82) is 5.26 Å². The van der Waals surface area contributed by atoms with E-state index in [1.165, 1.54) is 18.2 Å². The lowest BCUT2D eigenvalue weighted by molar-refractivity contribution is 0.625. The van der Waals surface area contributed by atoms with E-state index >= 15 is 0 Å². The predicted octanol–water partition coefficient (Wildman–Crippen LogP) is 2.81. The zero-order chi connectivity index (χ0) is 9.84. The van der Waals surface area contributed by atoms with Gasteiger partial charge >= 0.3 is 0 Å². The molecule has 0 aromatic heterocycles. The molecule has 0 aliphatic heterocycles. The highest BCUT2D eigenvalue weighted by molar-refractivity contribution is 6.31. The van der Waals surface area contributed by atoms with E-state index < -0.39 is 11.9 Å². The van der Waals surface area contributed by atoms with Crippen molar-refractivity contribution in [3.8, 4) is 6.07 Å². The molecule has 0 aliphatic rings. The van der Waals surface area contributed by atoms with Crippen molar-refractivity contribution in [3.05, 3.63) is 34.6 Å². The second kappa shape index (κ2) is 5.82. The van der Waals surface area contributed by atoms with Crippen molar-refractivity contribution in [3.63, 3.8) is 0 Å². The summed E-state index contributed by atoms with van der Waals surface area (Å²) in [4.78, 5) is 0. The Labute approximate surface area is 92.9 Å². The quantitative estimate of drug-likeness (QED) is 0.856. The molecule has 2 N–H and O–H groups in total. The maximum absolute atomic E-state index is 12.6. The van der Waals surface area contributed by atoms with Crippen LogP contribution < -0.4 is 5.73 Å². The molecule has 1 aromatic rings. The second-order valence-corrected chi connectivity index (χ2v) is 3.04. The van der Waals surface area contributed by atoms with E-state index in [1.54, 1.807) is 0 Å². The fraction of sp³-hybridized carbons (Fsp3) is 0.222. The maximum atomic E-state index is 12.6. The normalized spacial score (nSPS) is 11.3. The molecule has 14 heavy (non-hydrogen) atoms. The van der Waals surface area contributed by atoms with Gasteiger partial charge in [0.25, 0.3) is 0 Å². The molecule has 0 fully saturated rings. The third-order valence-corrected chi connectivity index (χ3v) is 2.00. The Morgan fingerprint density at radius 2 is 2.21 bits per heavy atom. The van der Waals surface area contributed by atoms with Gasteiger partial charge in [-0.05, 0) is 17.7 Å². The first-order valence-electron chi connectivity index (χ1n) is 3.72. The lowest BCUT2D eigenvalue weighted by Gasteiger charge is -2.09. The average molecular weight is 235 g/mol. The number of hydrogen-bond acceptors (Lipinski definition) is 2. The van der Waals surface area contributed by atoms with Gasteiger partial charge in [-0.3, -0.25) is 0 Å². The third kappa shape index (κ3) is 3.15. The van der Waals surface area contributed by atoms with Gasteiger partial charge in [-0.25, -0.2) is 4.39 Å². The fourth-order valence-corrected chi connectivity index (χ4v) is 1.32. The standard InChI is InChI=1S/C9H8ClFN2.ClH/c10-8-5-6(11)1-2-7(8)9(13)3-4-12;/h1-2,5,9H,3,13H2;1H/t9-;/m1./s1. The summed E-state index contributed by atoms with van der Waals surface area (Å²) in [6.07, 6.45) is 0.172. The van der Waals surface area contributed by atoms with Crippen molar-refractivity contribution < 1.29 is 4.39 Å². The third-order valence-electron chi connectivity index (χ3n) is 1.67. The number of nitriles is 1. The summed E-state index contributed by atoms with van der Waals surface area (Å²) < 4.78 is 12.6. The van der Waals surface area contributed by atoms with Crippen LogP contribution in [0.15, 0.2) is 18.2 Å². The highest BCUT2D eigenvalue weighted by Crippen LogP contribution is 2.23. The summed E-state index contributed by atoms with van der Waals surface area (Å²) in [5.41, 5.74) is 6.23. The summed E-state index contributed by atoms with van der Waals surface area (Å²) in [5, 5.41) is 8.66. The SMILES string of the molecule is Cl.N#CC[C@@H](N)c1ccc(F)cc1Cl. The van der Waals surface area contributed by atoms with E-state index in [9.17, 15) is 4.39 Å². The zero-order valence-corrected chi connectivity index (χ0v) is 8.78. The Balaban J connectivity index is 0.00000169. The molecular weight excluding hydrogens is 226 g/mol. The highest BCUT2D eigenvalue weighted by atomic mass is 35.5. The molecule has 0 amide bonds. The van der Waals surface area contributed by atoms with E-state index in [-0.39, 0.29) is 23.9 Å². The summed E-state index contributed by atoms with van der Waals surface area (Å²) in [7, 11) is 0. The van der Waals surface area contributed by atoms with E-state index in [0.29, 0.717) is 5.56 Å². The molecule has 0 saturated carbocycles. The molecule has 0 spiro atoms. The van der Waals surface area contributed by atoms with Crippen LogP contribution in [0.4, 0.5) is 4.39 Å². The zero-order valence-electron chi connectivity index (χ0n) is 7.21. The van der Waals surface area contributed by atoms with Crippen molar-refractivity contribution in [2.75, 3.05) is 0 Å². The summed E-state index contributed by atoms with van der Waals surface area (Å²) >= 11 is 5.73. The molecule has 0 unspecified atom stereocenters. The van der Waals surface area contributed by atoms with Crippen LogP contribution >= 0.6 is 24.0 Å². The Morgan fingerprint density at radius 1 is 1.57 bits per heavy atom. The first-order chi connectivity index (χ1) is 6.15. The van der Waals surface area contributed by atoms with E-state index in [4.69, 9.17) is 22.6 Å². The van der Waals surface area contributed by atoms with Crippen LogP contribution in [0.1, 0.15) is 18.0 Å². The number of benzene rings is 1. The minimum atomic E-state index is -0.446. The monoisotopic (exact) mass is 234 g/mol. The van der Waals surface area contributed by atoms with Crippen LogP contribution in [-0.4, -0.2) is 0 Å². The van der Waals surface area contributed by atoms with Crippen molar-refractivity contribution in [1.82, 2.24) is 0 Å². The maximum Gasteiger partial charge on any atom is 0.124 e. The van der Waals surface area contributed by atoms with Gasteiger partial charge in [-0.2, -0.15) is 5.26 Å². The first-order valence-corrected chi connectivity index (χ1v) is 4.10. The lowest BCUT2D eigenvalue weighted by Crippen LogP contribution is -2.09. The van der Waals surface area contributed by atoms with Crippen molar-refractivity contribution >= 4 is 24.0 Å². The Morgan fingerprint density at radius 3 is 2.71 bits per heavy atom. The molecular formula is C9H9Cl2FN2. The number of rotatable bonds is 2. The molecule has 1 rings (SSSR count). The molecule has 0 bridgehead atoms. The molecule has 0 radical (unpaired) electrons. The highest BCUT2D eigenvalue weighted by Gasteiger charge is 2.09. The van der Waals surface area contributed by atoms with Crippen LogP contribution in [0.25, 0.3) is 0 Å². The Kier molecular flexibility index (Phi) is 5.47. The van der Waals surface area contributed by atoms with Gasteiger partial charge in [-0.15, -0.1) is 12.4 Å². The molecule has 0 aliphatic carbocycles. The van der Waals surface area contributed by atoms with Crippen molar-refractivity contribution in [2.45, 2.75) is 12.5 Å². The van der Waals surface area contributed by atoms with Gasteiger partial charge < -0.3 is 5.73 Å². The molecule has 1 aromatic carbocycles. The molecule has 1 atom stereocenters. The minimum Gasteiger partial charge on any atom is -0.323 e. The smallest absolute Gasteiger partial charge is 0.124 e. The number of nitrogens with two attached hydrogens (primary N) is 1. The molecule has 2 nitrogen and oxygen atoms in total. The molecule has 5 heteroatoms. The number of nitrogens with zero attached hydrogens (tertiary/aromatic N) is 1. The van der Waals surface area contributed by atoms with Gasteiger partial charge in [0.2, 0.25) is 0 Å². The second-order valence-electron chi connectivity index (χ2n) is 2.63. The fourth-order valence-electron chi connectivity index (χ4n) is 1.01. The van der Waals surface area contributed by atoms with Crippen LogP contribution in [0.2, 0.25) is 5.02 Å². The average Bonchev–Trinajstić information content (AvgIpc) is 2.04. The van der Waals surface area contributed by atoms with Crippen LogP contribution in [-0.2, 0) is 0 Å². The van der Waals surface area contributed by atoms with Crippen molar-refractivity contribution in [2.24, 2.45) is 5.73 Å². The Hall–Kier alpha value is -0.820. The number of hydrogen-bond donors (Lipinski definition) is 1. The summed E-state index contributed by atoms with van der Waals surface area (Å²) in [5.74, 6) is -0.405. The van der Waals surface area contributed by atoms with Gasteiger partial charge in [0.1, 0.15) is 5.82 Å². The lowest BCUT2D eigenvalue weighted by atomic mass is 10.1. The largest absolute Gasteiger partial charge is 0.323 e. The topological polar surface area (TPSA) is 49.8 Å². The van der Waals surface area contributed by atoms with Crippen LogP contribution in [0.5, 0.6) is 0 Å². The Bertz CT molecular complexity index is 349. The number of halogens is 3. The minimum absolute atomic E-state index is 0. The summed E-state index contributed by atoms with van der Waals surface area (Å²) in [6, 6.07) is 5.45. The van der Waals surface area contributed by atoms with E-state index in [0.717, 1.165) is 0 Å². The molecule has 0 heterocycles. The summed E-state index contributed by atoms with van der Waals surface area (Å²) in [6.45, 7) is 0. The predicted molar refractivity (Wildman–Crippen MR) is 55.8 cm³/mol. The van der Waals surface area contributed by atoms with Gasteiger partial charge in [-0.1, -0.05) is 17.7 Å². The van der Waals surface area contributed by atoms with Gasteiger partial charge in [0.05, 0.1) is 12.5 Å². The molecule has 76 valence electrons.